The minimum Gasteiger partial charge on any atom is -0.495 e. The number of rotatable bonds is 10. The first kappa shape index (κ1) is 29.2. The quantitative estimate of drug-likeness (QED) is 0.305. The van der Waals surface area contributed by atoms with Crippen LogP contribution >= 0.6 is 0 Å². The van der Waals surface area contributed by atoms with E-state index in [0.29, 0.717) is 23.6 Å². The number of ether oxygens (including phenoxy) is 1. The minimum absolute atomic E-state index is 0.321. The number of hydrogen-bond acceptors (Lipinski definition) is 5. The van der Waals surface area contributed by atoms with E-state index in [1.807, 2.05) is 52.0 Å². The summed E-state index contributed by atoms with van der Waals surface area (Å²) in [5, 5.41) is 4.82. The van der Waals surface area contributed by atoms with Gasteiger partial charge in [-0.05, 0) is 87.1 Å². The van der Waals surface area contributed by atoms with E-state index in [2.05, 4.69) is 42.7 Å². The number of unbranched alkanes of at least 4 members (excludes halogenated alkanes) is 1. The van der Waals surface area contributed by atoms with Crippen LogP contribution in [0.15, 0.2) is 54.7 Å². The van der Waals surface area contributed by atoms with E-state index in [1.54, 1.807) is 7.11 Å². The predicted octanol–water partition coefficient (Wildman–Crippen LogP) is 6.05. The highest BCUT2D eigenvalue weighted by atomic mass is 16.5. The number of carbonyl (C=O) groups is 1. The Morgan fingerprint density at radius 2 is 1.85 bits per heavy atom. The molecule has 1 saturated heterocycles. The zero-order valence-corrected chi connectivity index (χ0v) is 25.3. The first-order chi connectivity index (χ1) is 19.8. The van der Waals surface area contributed by atoms with E-state index in [1.165, 1.54) is 12.1 Å². The van der Waals surface area contributed by atoms with Gasteiger partial charge in [-0.1, -0.05) is 39.0 Å². The molecule has 8 heteroatoms. The number of para-hydroxylation sites is 2. The van der Waals surface area contributed by atoms with E-state index in [0.717, 1.165) is 76.1 Å². The number of urea groups is 1. The Balaban J connectivity index is 1.27. The molecule has 1 aliphatic heterocycles. The molecule has 3 heterocycles. The van der Waals surface area contributed by atoms with Crippen LogP contribution in [0.2, 0.25) is 0 Å². The van der Waals surface area contributed by atoms with Crippen molar-refractivity contribution >= 4 is 23.1 Å². The lowest BCUT2D eigenvalue weighted by atomic mass is 9.65. The highest BCUT2D eigenvalue weighted by Crippen LogP contribution is 2.47. The fourth-order valence-corrected chi connectivity index (χ4v) is 7.43. The lowest BCUT2D eigenvalue weighted by Gasteiger charge is -2.50. The summed E-state index contributed by atoms with van der Waals surface area (Å²) in [4.78, 5) is 20.1. The molecule has 2 amide bonds. The molecule has 222 valence electrons. The van der Waals surface area contributed by atoms with Crippen molar-refractivity contribution in [2.24, 2.45) is 23.5 Å². The van der Waals surface area contributed by atoms with Gasteiger partial charge in [0, 0.05) is 38.4 Å². The number of pyridine rings is 1. The maximum absolute atomic E-state index is 13.2. The summed E-state index contributed by atoms with van der Waals surface area (Å²) < 4.78 is 7.43. The molecule has 8 nitrogen and oxygen atoms in total. The van der Waals surface area contributed by atoms with Gasteiger partial charge in [0.05, 0.1) is 23.9 Å². The SMILES string of the molecule is COc1ccccc1N1CCN(CCCCC2(N(C(N)=O)c3cc4ccccn4n3)CC(C)CC(C(C)C)C2)CC1. The van der Waals surface area contributed by atoms with Crippen LogP contribution in [0.3, 0.4) is 0 Å². The van der Waals surface area contributed by atoms with Crippen LogP contribution < -0.4 is 20.3 Å². The first-order valence-corrected chi connectivity index (χ1v) is 15.4. The van der Waals surface area contributed by atoms with Crippen molar-refractivity contribution in [2.75, 3.05) is 49.6 Å². The summed E-state index contributed by atoms with van der Waals surface area (Å²) in [5.41, 5.74) is 8.03. The second-order valence-corrected chi connectivity index (χ2v) is 12.7. The highest BCUT2D eigenvalue weighted by molar-refractivity contribution is 5.92. The van der Waals surface area contributed by atoms with Crippen LogP contribution in [0.1, 0.15) is 59.3 Å². The van der Waals surface area contributed by atoms with Gasteiger partial charge in [0.2, 0.25) is 0 Å². The average molecular weight is 561 g/mol. The first-order valence-electron chi connectivity index (χ1n) is 15.4. The zero-order valence-electron chi connectivity index (χ0n) is 25.3. The Morgan fingerprint density at radius 3 is 2.56 bits per heavy atom. The normalized spacial score (nSPS) is 23.7. The fourth-order valence-electron chi connectivity index (χ4n) is 7.43. The monoisotopic (exact) mass is 560 g/mol. The van der Waals surface area contributed by atoms with Crippen LogP contribution in [0.4, 0.5) is 16.3 Å². The molecule has 2 aliphatic rings. The largest absolute Gasteiger partial charge is 0.495 e. The second kappa shape index (κ2) is 12.7. The molecule has 2 fully saturated rings. The molecule has 41 heavy (non-hydrogen) atoms. The molecule has 3 aromatic rings. The molecular formula is C33H48N6O2. The van der Waals surface area contributed by atoms with Gasteiger partial charge in [0.15, 0.2) is 5.82 Å². The van der Waals surface area contributed by atoms with Gasteiger partial charge in [0.1, 0.15) is 5.75 Å². The van der Waals surface area contributed by atoms with Crippen LogP contribution in [0, 0.1) is 17.8 Å². The topological polar surface area (TPSA) is 79.3 Å². The molecule has 1 saturated carbocycles. The molecule has 0 bridgehead atoms. The van der Waals surface area contributed by atoms with Crippen molar-refractivity contribution in [3.05, 3.63) is 54.7 Å². The number of primary amides is 1. The third kappa shape index (κ3) is 6.48. The number of carbonyl (C=O) groups excluding carboxylic acids is 1. The smallest absolute Gasteiger partial charge is 0.321 e. The van der Waals surface area contributed by atoms with E-state index in [4.69, 9.17) is 15.6 Å². The van der Waals surface area contributed by atoms with Gasteiger partial charge < -0.3 is 15.4 Å². The van der Waals surface area contributed by atoms with E-state index < -0.39 is 6.03 Å². The Hall–Kier alpha value is -3.26. The Bertz CT molecular complexity index is 1270. The Labute approximate surface area is 245 Å². The number of hydrogen-bond donors (Lipinski definition) is 1. The minimum atomic E-state index is -0.391. The predicted molar refractivity (Wildman–Crippen MR) is 167 cm³/mol. The molecule has 2 aromatic heterocycles. The van der Waals surface area contributed by atoms with Crippen molar-refractivity contribution in [1.82, 2.24) is 14.5 Å². The summed E-state index contributed by atoms with van der Waals surface area (Å²) in [6, 6.07) is 15.9. The van der Waals surface area contributed by atoms with Gasteiger partial charge >= 0.3 is 6.03 Å². The molecular weight excluding hydrogens is 512 g/mol. The van der Waals surface area contributed by atoms with E-state index in [9.17, 15) is 4.79 Å². The zero-order chi connectivity index (χ0) is 29.0. The molecule has 2 N–H and O–H groups in total. The number of methoxy groups -OCH3 is 1. The highest BCUT2D eigenvalue weighted by Gasteiger charge is 2.47. The number of nitrogens with two attached hydrogens (primary N) is 1. The van der Waals surface area contributed by atoms with Gasteiger partial charge in [-0.3, -0.25) is 9.80 Å². The van der Waals surface area contributed by atoms with Crippen LogP contribution in [-0.2, 0) is 0 Å². The maximum Gasteiger partial charge on any atom is 0.321 e. The molecule has 3 unspecified atom stereocenters. The summed E-state index contributed by atoms with van der Waals surface area (Å²) in [5.74, 6) is 3.26. The molecule has 3 atom stereocenters. The van der Waals surface area contributed by atoms with Crippen molar-refractivity contribution < 1.29 is 9.53 Å². The van der Waals surface area contributed by atoms with Crippen molar-refractivity contribution in [2.45, 2.75) is 64.8 Å². The van der Waals surface area contributed by atoms with E-state index >= 15 is 0 Å². The Kier molecular flexibility index (Phi) is 9.07. The van der Waals surface area contributed by atoms with Gasteiger partial charge in [-0.2, -0.15) is 0 Å². The lowest BCUT2D eigenvalue weighted by molar-refractivity contribution is 0.123. The number of nitrogens with zero attached hydrogens (tertiary/aromatic N) is 5. The molecule has 0 radical (unpaired) electrons. The lowest BCUT2D eigenvalue weighted by Crippen LogP contribution is -2.58. The van der Waals surface area contributed by atoms with Crippen molar-refractivity contribution in [3.63, 3.8) is 0 Å². The van der Waals surface area contributed by atoms with Crippen LogP contribution in [-0.4, -0.2) is 65.9 Å². The molecule has 1 aliphatic carbocycles. The third-order valence-corrected chi connectivity index (χ3v) is 9.46. The number of anilines is 2. The third-order valence-electron chi connectivity index (χ3n) is 9.46. The average Bonchev–Trinajstić information content (AvgIpc) is 3.38. The van der Waals surface area contributed by atoms with E-state index in [-0.39, 0.29) is 5.54 Å². The number of fused-ring (bicyclic) bond motifs is 1. The number of benzene rings is 1. The van der Waals surface area contributed by atoms with Crippen molar-refractivity contribution in [3.8, 4) is 5.75 Å². The Morgan fingerprint density at radius 1 is 1.10 bits per heavy atom. The number of aromatic nitrogens is 2. The van der Waals surface area contributed by atoms with Crippen LogP contribution in [0.5, 0.6) is 5.75 Å². The molecule has 0 spiro atoms. The van der Waals surface area contributed by atoms with Gasteiger partial charge in [-0.15, -0.1) is 5.10 Å². The second-order valence-electron chi connectivity index (χ2n) is 12.7. The van der Waals surface area contributed by atoms with Gasteiger partial charge in [0.25, 0.3) is 0 Å². The standard InChI is InChI=1S/C33H48N6O2/c1-25(2)27-21-26(3)23-33(24-27,39(32(34)40)31-22-28-11-7-9-16-38(28)35-31)14-8-10-15-36-17-19-37(20-18-36)29-12-5-6-13-30(29)41-4/h5-7,9,11-13,16,22,25-27H,8,10,14-15,17-21,23-24H2,1-4H3,(H2,34,40). The number of piperazine rings is 1. The fraction of sp³-hybridized carbons (Fsp3) is 0.576. The summed E-state index contributed by atoms with van der Waals surface area (Å²) in [7, 11) is 1.74. The van der Waals surface area contributed by atoms with Crippen molar-refractivity contribution in [1.29, 1.82) is 0 Å². The molecule has 5 rings (SSSR count). The summed E-state index contributed by atoms with van der Waals surface area (Å²) >= 11 is 0. The van der Waals surface area contributed by atoms with Gasteiger partial charge in [-0.25, -0.2) is 9.31 Å². The molecule has 1 aromatic carbocycles. The van der Waals surface area contributed by atoms with Crippen LogP contribution in [0.25, 0.3) is 5.52 Å². The maximum atomic E-state index is 13.2. The summed E-state index contributed by atoms with van der Waals surface area (Å²) in [6.45, 7) is 12.1. The number of amides is 2. The summed E-state index contributed by atoms with van der Waals surface area (Å²) in [6.07, 6.45) is 8.18.